The van der Waals surface area contributed by atoms with Gasteiger partial charge in [0.15, 0.2) is 0 Å². The molecular weight excluding hydrogens is 314 g/mol. The normalized spacial score (nSPS) is 27.7. The molecule has 7 heteroatoms. The van der Waals surface area contributed by atoms with Gasteiger partial charge in [0.2, 0.25) is 17.7 Å². The Hall–Kier alpha value is -1.24. The highest BCUT2D eigenvalue weighted by molar-refractivity contribution is 7.99. The van der Waals surface area contributed by atoms with Crippen molar-refractivity contribution in [3.63, 3.8) is 0 Å². The van der Waals surface area contributed by atoms with Gasteiger partial charge in [0, 0.05) is 38.9 Å². The number of likely N-dealkylation sites (tertiary alicyclic amines) is 1. The van der Waals surface area contributed by atoms with Crippen LogP contribution in [0.1, 0.15) is 26.2 Å². The Morgan fingerprint density at radius 2 is 2.09 bits per heavy atom. The number of likely N-dealkylation sites (N-methyl/N-ethyl adjacent to an activating group) is 1. The summed E-state index contributed by atoms with van der Waals surface area (Å²) in [5.74, 6) is 1.65. The van der Waals surface area contributed by atoms with Crippen molar-refractivity contribution in [3.8, 4) is 0 Å². The number of thioether (sulfide) groups is 1. The van der Waals surface area contributed by atoms with E-state index in [0.717, 1.165) is 6.54 Å². The van der Waals surface area contributed by atoms with Gasteiger partial charge in [-0.15, -0.1) is 11.8 Å². The summed E-state index contributed by atoms with van der Waals surface area (Å²) in [5, 5.41) is 0. The molecule has 0 aromatic carbocycles. The summed E-state index contributed by atoms with van der Waals surface area (Å²) in [7, 11) is 1.77. The molecule has 2 heterocycles. The smallest absolute Gasteiger partial charge is 0.245 e. The van der Waals surface area contributed by atoms with Crippen LogP contribution in [-0.2, 0) is 14.4 Å². The van der Waals surface area contributed by atoms with Crippen molar-refractivity contribution in [1.82, 2.24) is 14.7 Å². The van der Waals surface area contributed by atoms with Gasteiger partial charge in [0.1, 0.15) is 6.04 Å². The molecule has 0 aromatic heterocycles. The molecule has 3 amide bonds. The van der Waals surface area contributed by atoms with Crippen LogP contribution in [0.25, 0.3) is 0 Å². The lowest BCUT2D eigenvalue weighted by molar-refractivity contribution is -0.144. The summed E-state index contributed by atoms with van der Waals surface area (Å²) in [6.07, 6.45) is 2.70. The lowest BCUT2D eigenvalue weighted by Gasteiger charge is -2.28. The van der Waals surface area contributed by atoms with Gasteiger partial charge in [0.05, 0.1) is 11.8 Å². The van der Waals surface area contributed by atoms with Crippen LogP contribution in [0.2, 0.25) is 0 Å². The van der Waals surface area contributed by atoms with Crippen molar-refractivity contribution in [2.24, 2.45) is 11.8 Å². The molecule has 3 aliphatic rings. The third kappa shape index (κ3) is 3.49. The van der Waals surface area contributed by atoms with Crippen LogP contribution in [0.15, 0.2) is 0 Å². The third-order valence-corrected chi connectivity index (χ3v) is 6.05. The zero-order valence-corrected chi connectivity index (χ0v) is 14.7. The molecule has 0 N–H and O–H groups in total. The fraction of sp³-hybridized carbons (Fsp3) is 0.812. The van der Waals surface area contributed by atoms with Crippen LogP contribution >= 0.6 is 11.8 Å². The number of carbonyl (C=O) groups is 3. The number of hydrogen-bond acceptors (Lipinski definition) is 4. The van der Waals surface area contributed by atoms with Gasteiger partial charge in [0.25, 0.3) is 0 Å². The van der Waals surface area contributed by atoms with E-state index in [0.29, 0.717) is 37.1 Å². The average Bonchev–Trinajstić information content (AvgIpc) is 3.09. The largest absolute Gasteiger partial charge is 0.344 e. The number of nitrogens with zero attached hydrogens (tertiary/aromatic N) is 3. The molecule has 0 bridgehead atoms. The Morgan fingerprint density at radius 1 is 1.35 bits per heavy atom. The Balaban J connectivity index is 1.62. The van der Waals surface area contributed by atoms with E-state index in [9.17, 15) is 14.4 Å². The van der Waals surface area contributed by atoms with Gasteiger partial charge in [-0.05, 0) is 25.7 Å². The molecule has 0 radical (unpaired) electrons. The van der Waals surface area contributed by atoms with Crippen molar-refractivity contribution in [2.45, 2.75) is 32.2 Å². The SMILES string of the molecule is CCN(C)C(=O)[C@@H]1CSCN1C(=O)[C@H]1CC(=O)N(CC2CC2)C1. The maximum Gasteiger partial charge on any atom is 0.245 e. The molecule has 1 saturated carbocycles. The Labute approximate surface area is 141 Å². The Bertz CT molecular complexity index is 509. The minimum absolute atomic E-state index is 0.00464. The molecule has 2 atom stereocenters. The van der Waals surface area contributed by atoms with Gasteiger partial charge in [-0.1, -0.05) is 0 Å². The molecule has 0 unspecified atom stereocenters. The highest BCUT2D eigenvalue weighted by Crippen LogP contribution is 2.33. The summed E-state index contributed by atoms with van der Waals surface area (Å²) in [6.45, 7) is 3.90. The number of hydrogen-bond donors (Lipinski definition) is 0. The Morgan fingerprint density at radius 3 is 2.74 bits per heavy atom. The van der Waals surface area contributed by atoms with Crippen molar-refractivity contribution in [2.75, 3.05) is 38.3 Å². The van der Waals surface area contributed by atoms with Gasteiger partial charge >= 0.3 is 0 Å². The van der Waals surface area contributed by atoms with Gasteiger partial charge < -0.3 is 14.7 Å². The summed E-state index contributed by atoms with van der Waals surface area (Å²) >= 11 is 1.61. The van der Waals surface area contributed by atoms with Gasteiger partial charge in [-0.3, -0.25) is 14.4 Å². The van der Waals surface area contributed by atoms with E-state index in [1.54, 1.807) is 28.6 Å². The van der Waals surface area contributed by atoms with Crippen LogP contribution in [0.5, 0.6) is 0 Å². The maximum absolute atomic E-state index is 12.8. The number of rotatable bonds is 5. The van der Waals surface area contributed by atoms with Crippen LogP contribution in [0, 0.1) is 11.8 Å². The van der Waals surface area contributed by atoms with E-state index in [2.05, 4.69) is 0 Å². The fourth-order valence-corrected chi connectivity index (χ4v) is 4.39. The van der Waals surface area contributed by atoms with Crippen LogP contribution < -0.4 is 0 Å². The molecule has 3 fully saturated rings. The zero-order valence-electron chi connectivity index (χ0n) is 13.9. The van der Waals surface area contributed by atoms with E-state index in [1.807, 2.05) is 11.8 Å². The lowest BCUT2D eigenvalue weighted by Crippen LogP contribution is -2.49. The van der Waals surface area contributed by atoms with Crippen LogP contribution in [-0.4, -0.2) is 76.8 Å². The van der Waals surface area contributed by atoms with E-state index in [1.165, 1.54) is 12.8 Å². The number of amides is 3. The second-order valence-corrected chi connectivity index (χ2v) is 7.82. The highest BCUT2D eigenvalue weighted by Gasteiger charge is 2.43. The predicted molar refractivity (Wildman–Crippen MR) is 88.7 cm³/mol. The standard InChI is InChI=1S/C16H25N3O3S/c1-3-17(2)16(22)13-9-23-10-19(13)15(21)12-6-14(20)18(8-12)7-11-4-5-11/h11-13H,3-10H2,1-2H3/t12-,13-/m0/s1. The first-order chi connectivity index (χ1) is 11.0. The van der Waals surface area contributed by atoms with Crippen molar-refractivity contribution in [1.29, 1.82) is 0 Å². The molecular formula is C16H25N3O3S. The molecule has 6 nitrogen and oxygen atoms in total. The molecule has 0 aromatic rings. The maximum atomic E-state index is 12.8. The molecule has 2 saturated heterocycles. The summed E-state index contributed by atoms with van der Waals surface area (Å²) < 4.78 is 0. The van der Waals surface area contributed by atoms with Crippen molar-refractivity contribution in [3.05, 3.63) is 0 Å². The van der Waals surface area contributed by atoms with E-state index in [4.69, 9.17) is 0 Å². The lowest BCUT2D eigenvalue weighted by atomic mass is 10.1. The van der Waals surface area contributed by atoms with Crippen molar-refractivity contribution < 1.29 is 14.4 Å². The number of carbonyl (C=O) groups excluding carboxylic acids is 3. The quantitative estimate of drug-likeness (QED) is 0.737. The monoisotopic (exact) mass is 339 g/mol. The average molecular weight is 339 g/mol. The molecule has 0 spiro atoms. The molecule has 23 heavy (non-hydrogen) atoms. The molecule has 1 aliphatic carbocycles. The van der Waals surface area contributed by atoms with E-state index in [-0.39, 0.29) is 29.7 Å². The topological polar surface area (TPSA) is 60.9 Å². The van der Waals surface area contributed by atoms with E-state index < -0.39 is 0 Å². The summed E-state index contributed by atoms with van der Waals surface area (Å²) in [4.78, 5) is 42.6. The molecule has 3 rings (SSSR count). The predicted octanol–water partition coefficient (Wildman–Crippen LogP) is 0.625. The minimum Gasteiger partial charge on any atom is -0.344 e. The van der Waals surface area contributed by atoms with Crippen LogP contribution in [0.3, 0.4) is 0 Å². The van der Waals surface area contributed by atoms with Crippen molar-refractivity contribution >= 4 is 29.5 Å². The van der Waals surface area contributed by atoms with Gasteiger partial charge in [-0.2, -0.15) is 0 Å². The third-order valence-electron chi connectivity index (χ3n) is 5.04. The second kappa shape index (κ2) is 6.71. The van der Waals surface area contributed by atoms with Crippen LogP contribution in [0.4, 0.5) is 0 Å². The summed E-state index contributed by atoms with van der Waals surface area (Å²) in [6, 6.07) is -0.370. The second-order valence-electron chi connectivity index (χ2n) is 6.82. The first kappa shape index (κ1) is 16.6. The first-order valence-corrected chi connectivity index (χ1v) is 9.57. The van der Waals surface area contributed by atoms with E-state index >= 15 is 0 Å². The van der Waals surface area contributed by atoms with Gasteiger partial charge in [-0.25, -0.2) is 0 Å². The Kier molecular flexibility index (Phi) is 4.85. The minimum atomic E-state index is -0.370. The highest BCUT2D eigenvalue weighted by atomic mass is 32.2. The summed E-state index contributed by atoms with van der Waals surface area (Å²) in [5.41, 5.74) is 0. The fourth-order valence-electron chi connectivity index (χ4n) is 3.24. The molecule has 2 aliphatic heterocycles. The molecule has 128 valence electrons. The first-order valence-electron chi connectivity index (χ1n) is 8.42. The zero-order chi connectivity index (χ0) is 16.6.